The van der Waals surface area contributed by atoms with Crippen molar-refractivity contribution in [2.24, 2.45) is 0 Å². The molecule has 0 aliphatic carbocycles. The quantitative estimate of drug-likeness (QED) is 0.594. The van der Waals surface area contributed by atoms with Crippen molar-refractivity contribution in [2.75, 3.05) is 0 Å². The van der Waals surface area contributed by atoms with E-state index in [0.29, 0.717) is 18.5 Å². The normalized spacial score (nSPS) is 21.6. The standard InChI is InChI=1S/C14H12BN2O3/c15-6-8-1-2-9-7-17(14(20)10(9)5-8)11-3-4-12(18)16-13(11)19/h1-2,5-6,11H,3-4,7H2,(H,16,18,19). The molecule has 5 nitrogen and oxygen atoms in total. The SMILES string of the molecule is [B]=Cc1ccc2c(c1)C(=O)N(C1CCC(=O)NC1=O)C2. The molecule has 3 rings (SSSR count). The van der Waals surface area contributed by atoms with E-state index < -0.39 is 11.9 Å². The predicted molar refractivity (Wildman–Crippen MR) is 73.4 cm³/mol. The van der Waals surface area contributed by atoms with Crippen LogP contribution in [0.2, 0.25) is 0 Å². The van der Waals surface area contributed by atoms with Gasteiger partial charge in [0.15, 0.2) is 0 Å². The molecule has 0 spiro atoms. The zero-order valence-electron chi connectivity index (χ0n) is 10.8. The minimum absolute atomic E-state index is 0.182. The van der Waals surface area contributed by atoms with Crippen LogP contribution < -0.4 is 5.32 Å². The van der Waals surface area contributed by atoms with E-state index >= 15 is 0 Å². The Morgan fingerprint density at radius 1 is 1.30 bits per heavy atom. The van der Waals surface area contributed by atoms with Gasteiger partial charge in [0, 0.05) is 0 Å². The summed E-state index contributed by atoms with van der Waals surface area (Å²) in [4.78, 5) is 36.9. The van der Waals surface area contributed by atoms with Crippen LogP contribution in [0.3, 0.4) is 0 Å². The molecule has 0 saturated carbocycles. The van der Waals surface area contributed by atoms with Crippen LogP contribution in [0.25, 0.3) is 0 Å². The fourth-order valence-electron chi connectivity index (χ4n) is 2.68. The van der Waals surface area contributed by atoms with Gasteiger partial charge in [0.25, 0.3) is 0 Å². The monoisotopic (exact) mass is 267 g/mol. The van der Waals surface area contributed by atoms with Gasteiger partial charge in [-0.3, -0.25) is 0 Å². The Morgan fingerprint density at radius 3 is 2.80 bits per heavy atom. The molecule has 1 unspecified atom stereocenters. The van der Waals surface area contributed by atoms with E-state index in [1.54, 1.807) is 6.07 Å². The van der Waals surface area contributed by atoms with Crippen molar-refractivity contribution >= 4 is 31.2 Å². The number of rotatable bonds is 2. The number of carbonyl (C=O) groups is 3. The van der Waals surface area contributed by atoms with Crippen LogP contribution in [0.5, 0.6) is 0 Å². The third kappa shape index (κ3) is 1.97. The van der Waals surface area contributed by atoms with Crippen LogP contribution in [0, 0.1) is 0 Å². The van der Waals surface area contributed by atoms with Crippen molar-refractivity contribution in [3.63, 3.8) is 0 Å². The van der Waals surface area contributed by atoms with E-state index in [1.165, 1.54) is 10.9 Å². The van der Waals surface area contributed by atoms with Gasteiger partial charge in [-0.15, -0.1) is 0 Å². The molecule has 1 saturated heterocycles. The van der Waals surface area contributed by atoms with Crippen molar-refractivity contribution in [2.45, 2.75) is 25.4 Å². The van der Waals surface area contributed by atoms with Crippen LogP contribution in [0.4, 0.5) is 0 Å². The summed E-state index contributed by atoms with van der Waals surface area (Å²) in [6, 6.07) is 4.83. The number of benzene rings is 1. The topological polar surface area (TPSA) is 66.5 Å². The maximum absolute atomic E-state index is 12.4. The Hall–Kier alpha value is -2.24. The summed E-state index contributed by atoms with van der Waals surface area (Å²) in [6.45, 7) is 0.394. The molecule has 1 radical (unpaired) electrons. The van der Waals surface area contributed by atoms with Gasteiger partial charge in [-0.1, -0.05) is 0 Å². The molecule has 1 fully saturated rings. The fraction of sp³-hybridized carbons (Fsp3) is 0.286. The third-order valence-corrected chi connectivity index (χ3v) is 3.74. The molecule has 0 bridgehead atoms. The zero-order valence-corrected chi connectivity index (χ0v) is 10.8. The second-order valence-corrected chi connectivity index (χ2v) is 4.98. The van der Waals surface area contributed by atoms with Gasteiger partial charge in [-0.2, -0.15) is 0 Å². The Kier molecular flexibility index (Phi) is 3.01. The van der Waals surface area contributed by atoms with Crippen molar-refractivity contribution in [3.05, 3.63) is 34.9 Å². The molecule has 0 aromatic heterocycles. The van der Waals surface area contributed by atoms with Crippen LogP contribution in [-0.4, -0.2) is 42.1 Å². The Morgan fingerprint density at radius 2 is 2.10 bits per heavy atom. The first-order valence-electron chi connectivity index (χ1n) is 6.42. The average Bonchev–Trinajstić information content (AvgIpc) is 2.76. The predicted octanol–water partition coefficient (Wildman–Crippen LogP) is -0.234. The molecule has 1 N–H and O–H groups in total. The molecule has 3 amide bonds. The van der Waals surface area contributed by atoms with Gasteiger partial charge < -0.3 is 0 Å². The Labute approximate surface area is 117 Å². The summed E-state index contributed by atoms with van der Waals surface area (Å²) >= 11 is 0. The van der Waals surface area contributed by atoms with Crippen LogP contribution in [0.15, 0.2) is 18.2 Å². The number of piperidine rings is 1. The van der Waals surface area contributed by atoms with Crippen LogP contribution in [0.1, 0.15) is 34.3 Å². The summed E-state index contributed by atoms with van der Waals surface area (Å²) in [7, 11) is 5.45. The average molecular weight is 267 g/mol. The van der Waals surface area contributed by atoms with E-state index in [0.717, 1.165) is 11.1 Å². The van der Waals surface area contributed by atoms with Crippen molar-refractivity contribution in [3.8, 4) is 0 Å². The van der Waals surface area contributed by atoms with Crippen molar-refractivity contribution in [1.82, 2.24) is 10.2 Å². The zero-order chi connectivity index (χ0) is 14.3. The summed E-state index contributed by atoms with van der Waals surface area (Å²) in [6.07, 6.45) is 0.638. The number of imide groups is 1. The van der Waals surface area contributed by atoms with Gasteiger partial charge >= 0.3 is 116 Å². The molecule has 2 aliphatic rings. The summed E-state index contributed by atoms with van der Waals surface area (Å²) in [5.41, 5.74) is 2.22. The fourth-order valence-corrected chi connectivity index (χ4v) is 2.68. The third-order valence-electron chi connectivity index (χ3n) is 3.74. The van der Waals surface area contributed by atoms with E-state index in [9.17, 15) is 14.4 Å². The number of nitrogens with one attached hydrogen (secondary N) is 1. The number of carbonyl (C=O) groups excluding carboxylic acids is 3. The van der Waals surface area contributed by atoms with E-state index in [4.69, 9.17) is 7.49 Å². The maximum atomic E-state index is 12.4. The minimum atomic E-state index is -0.571. The number of nitrogens with zero attached hydrogens (tertiary/aromatic N) is 1. The first-order valence-corrected chi connectivity index (χ1v) is 6.42. The van der Waals surface area contributed by atoms with Crippen molar-refractivity contribution in [1.29, 1.82) is 0 Å². The molecular formula is C14H12BN2O3. The first kappa shape index (κ1) is 12.8. The summed E-state index contributed by atoms with van der Waals surface area (Å²) in [5, 5.41) is 2.28. The Balaban J connectivity index is 1.88. The summed E-state index contributed by atoms with van der Waals surface area (Å²) in [5.74, 6) is 0.573. The number of amides is 3. The number of hydrogen-bond acceptors (Lipinski definition) is 3. The number of hydrogen-bond donors (Lipinski definition) is 1. The summed E-state index contributed by atoms with van der Waals surface area (Å²) < 4.78 is 0. The van der Waals surface area contributed by atoms with Gasteiger partial charge in [-0.05, 0) is 0 Å². The molecule has 1 aromatic rings. The van der Waals surface area contributed by atoms with Gasteiger partial charge in [0.2, 0.25) is 0 Å². The molecule has 99 valence electrons. The molecule has 6 heteroatoms. The molecule has 20 heavy (non-hydrogen) atoms. The Bertz CT molecular complexity index is 641. The van der Waals surface area contributed by atoms with E-state index in [-0.39, 0.29) is 18.2 Å². The van der Waals surface area contributed by atoms with Gasteiger partial charge in [0.1, 0.15) is 0 Å². The molecule has 1 atom stereocenters. The van der Waals surface area contributed by atoms with Crippen LogP contribution >= 0.6 is 0 Å². The van der Waals surface area contributed by atoms with E-state index in [2.05, 4.69) is 5.32 Å². The molecule has 2 aliphatic heterocycles. The molecular weight excluding hydrogens is 255 g/mol. The molecule has 2 heterocycles. The second-order valence-electron chi connectivity index (χ2n) is 4.98. The van der Waals surface area contributed by atoms with Crippen molar-refractivity contribution < 1.29 is 14.4 Å². The van der Waals surface area contributed by atoms with Crippen LogP contribution in [-0.2, 0) is 16.1 Å². The second kappa shape index (κ2) is 4.70. The number of fused-ring (bicyclic) bond motifs is 1. The van der Waals surface area contributed by atoms with Gasteiger partial charge in [0.05, 0.1) is 0 Å². The van der Waals surface area contributed by atoms with Gasteiger partial charge in [-0.25, -0.2) is 0 Å². The van der Waals surface area contributed by atoms with E-state index in [1.807, 2.05) is 12.1 Å². The first-order chi connectivity index (χ1) is 9.60. The molecule has 1 aromatic carbocycles.